The second-order valence-corrected chi connectivity index (χ2v) is 5.16. The number of anilines is 1. The van der Waals surface area contributed by atoms with Crippen LogP contribution in [-0.2, 0) is 11.3 Å². The average Bonchev–Trinajstić information content (AvgIpc) is 2.48. The Morgan fingerprint density at radius 1 is 1.25 bits per heavy atom. The fourth-order valence-corrected chi connectivity index (χ4v) is 2.21. The molecule has 0 aliphatic carbocycles. The maximum Gasteiger partial charge on any atom is 0.411 e. The predicted octanol–water partition coefficient (Wildman–Crippen LogP) is 3.91. The van der Waals surface area contributed by atoms with Crippen molar-refractivity contribution in [3.8, 4) is 6.07 Å². The van der Waals surface area contributed by atoms with Gasteiger partial charge in [-0.05, 0) is 46.4 Å². The lowest BCUT2D eigenvalue weighted by Gasteiger charge is -2.08. The standard InChI is InChI=1S/C15H11IN2O2/c16-13-8-12(9-17)6-7-14(13)18-15(19)20-10-11-4-2-1-3-5-11/h1-8H,10H2,(H,18,19). The number of nitrogens with zero attached hydrogens (tertiary/aromatic N) is 1. The molecule has 0 aromatic heterocycles. The predicted molar refractivity (Wildman–Crippen MR) is 84.1 cm³/mol. The molecule has 4 nitrogen and oxygen atoms in total. The van der Waals surface area contributed by atoms with Crippen molar-refractivity contribution in [3.63, 3.8) is 0 Å². The van der Waals surface area contributed by atoms with Gasteiger partial charge in [0.05, 0.1) is 17.3 Å². The molecule has 0 fully saturated rings. The van der Waals surface area contributed by atoms with E-state index in [2.05, 4.69) is 27.9 Å². The molecule has 1 N–H and O–H groups in total. The Morgan fingerprint density at radius 2 is 2.00 bits per heavy atom. The first-order chi connectivity index (χ1) is 9.69. The van der Waals surface area contributed by atoms with E-state index in [1.54, 1.807) is 18.2 Å². The van der Waals surface area contributed by atoms with Gasteiger partial charge in [0.1, 0.15) is 6.61 Å². The van der Waals surface area contributed by atoms with E-state index in [1.165, 1.54) is 0 Å². The first-order valence-corrected chi connectivity index (χ1v) is 6.94. The van der Waals surface area contributed by atoms with Gasteiger partial charge in [0.2, 0.25) is 0 Å². The summed E-state index contributed by atoms with van der Waals surface area (Å²) >= 11 is 2.06. The number of carbonyl (C=O) groups is 1. The maximum absolute atomic E-state index is 11.7. The van der Waals surface area contributed by atoms with Crippen LogP contribution in [0.1, 0.15) is 11.1 Å². The molecule has 5 heteroatoms. The molecule has 0 atom stereocenters. The number of hydrogen-bond acceptors (Lipinski definition) is 3. The molecule has 2 rings (SSSR count). The van der Waals surface area contributed by atoms with Gasteiger partial charge in [-0.2, -0.15) is 5.26 Å². The van der Waals surface area contributed by atoms with Crippen LogP contribution in [0.3, 0.4) is 0 Å². The number of halogens is 1. The Hall–Kier alpha value is -2.07. The van der Waals surface area contributed by atoms with Crippen LogP contribution in [0.5, 0.6) is 0 Å². The summed E-state index contributed by atoms with van der Waals surface area (Å²) < 4.78 is 5.92. The summed E-state index contributed by atoms with van der Waals surface area (Å²) in [6.07, 6.45) is -0.517. The van der Waals surface area contributed by atoms with Crippen LogP contribution in [0, 0.1) is 14.9 Å². The molecule has 2 aromatic carbocycles. The Labute approximate surface area is 130 Å². The third-order valence-electron chi connectivity index (χ3n) is 2.55. The highest BCUT2D eigenvalue weighted by molar-refractivity contribution is 14.1. The zero-order valence-corrected chi connectivity index (χ0v) is 12.6. The maximum atomic E-state index is 11.7. The number of ether oxygens (including phenoxy) is 1. The largest absolute Gasteiger partial charge is 0.444 e. The normalized spacial score (nSPS) is 9.60. The molecular formula is C15H11IN2O2. The van der Waals surface area contributed by atoms with Crippen LogP contribution in [-0.4, -0.2) is 6.09 Å². The SMILES string of the molecule is N#Cc1ccc(NC(=O)OCc2ccccc2)c(I)c1. The molecule has 2 aromatic rings. The number of rotatable bonds is 3. The lowest BCUT2D eigenvalue weighted by Crippen LogP contribution is -2.14. The monoisotopic (exact) mass is 378 g/mol. The minimum absolute atomic E-state index is 0.222. The minimum Gasteiger partial charge on any atom is -0.444 e. The van der Waals surface area contributed by atoms with Crippen molar-refractivity contribution >= 4 is 34.4 Å². The highest BCUT2D eigenvalue weighted by Crippen LogP contribution is 2.19. The lowest BCUT2D eigenvalue weighted by atomic mass is 10.2. The van der Waals surface area contributed by atoms with Gasteiger partial charge in [0.25, 0.3) is 0 Å². The van der Waals surface area contributed by atoms with E-state index in [1.807, 2.05) is 36.4 Å². The zero-order chi connectivity index (χ0) is 14.4. The van der Waals surface area contributed by atoms with Crippen molar-refractivity contribution < 1.29 is 9.53 Å². The molecule has 0 heterocycles. The van der Waals surface area contributed by atoms with Gasteiger partial charge in [0, 0.05) is 3.57 Å². The van der Waals surface area contributed by atoms with Crippen molar-refractivity contribution in [2.24, 2.45) is 0 Å². The van der Waals surface area contributed by atoms with Gasteiger partial charge in [-0.1, -0.05) is 30.3 Å². The van der Waals surface area contributed by atoms with Gasteiger partial charge in [-0.3, -0.25) is 5.32 Å². The number of hydrogen-bond donors (Lipinski definition) is 1. The minimum atomic E-state index is -0.517. The Bertz CT molecular complexity index is 651. The lowest BCUT2D eigenvalue weighted by molar-refractivity contribution is 0.155. The van der Waals surface area contributed by atoms with Crippen LogP contribution in [0.25, 0.3) is 0 Å². The van der Waals surface area contributed by atoms with Crippen molar-refractivity contribution in [2.45, 2.75) is 6.61 Å². The number of carbonyl (C=O) groups excluding carboxylic acids is 1. The summed E-state index contributed by atoms with van der Waals surface area (Å²) in [6.45, 7) is 0.222. The number of nitrogens with one attached hydrogen (secondary N) is 1. The summed E-state index contributed by atoms with van der Waals surface area (Å²) in [6, 6.07) is 16.5. The molecule has 0 unspecified atom stereocenters. The van der Waals surface area contributed by atoms with E-state index in [4.69, 9.17) is 10.00 Å². The van der Waals surface area contributed by atoms with E-state index < -0.39 is 6.09 Å². The molecule has 0 radical (unpaired) electrons. The molecule has 100 valence electrons. The van der Waals surface area contributed by atoms with Gasteiger partial charge in [-0.15, -0.1) is 0 Å². The number of benzene rings is 2. The summed E-state index contributed by atoms with van der Waals surface area (Å²) in [7, 11) is 0. The fourth-order valence-electron chi connectivity index (χ4n) is 1.56. The van der Waals surface area contributed by atoms with E-state index in [0.29, 0.717) is 11.3 Å². The Kier molecular flexibility index (Phi) is 4.96. The number of nitriles is 1. The quantitative estimate of drug-likeness (QED) is 0.824. The van der Waals surface area contributed by atoms with E-state index in [9.17, 15) is 4.79 Å². The van der Waals surface area contributed by atoms with E-state index in [-0.39, 0.29) is 6.61 Å². The fraction of sp³-hybridized carbons (Fsp3) is 0.0667. The van der Waals surface area contributed by atoms with Gasteiger partial charge >= 0.3 is 6.09 Å². The third-order valence-corrected chi connectivity index (χ3v) is 3.44. The van der Waals surface area contributed by atoms with Gasteiger partial charge in [0.15, 0.2) is 0 Å². The number of amides is 1. The summed E-state index contributed by atoms with van der Waals surface area (Å²) in [4.78, 5) is 11.7. The van der Waals surface area contributed by atoms with Gasteiger partial charge < -0.3 is 4.74 Å². The van der Waals surface area contributed by atoms with Crippen molar-refractivity contribution in [1.29, 1.82) is 5.26 Å². The van der Waals surface area contributed by atoms with Gasteiger partial charge in [-0.25, -0.2) is 4.79 Å². The van der Waals surface area contributed by atoms with E-state index >= 15 is 0 Å². The van der Waals surface area contributed by atoms with Crippen molar-refractivity contribution in [3.05, 3.63) is 63.2 Å². The topological polar surface area (TPSA) is 62.1 Å². The third kappa shape index (κ3) is 3.96. The average molecular weight is 378 g/mol. The molecule has 0 aliphatic rings. The molecule has 0 saturated carbocycles. The van der Waals surface area contributed by atoms with Crippen LogP contribution in [0.2, 0.25) is 0 Å². The second-order valence-electron chi connectivity index (χ2n) is 3.99. The first kappa shape index (κ1) is 14.3. The highest BCUT2D eigenvalue weighted by Gasteiger charge is 2.07. The molecule has 0 saturated heterocycles. The summed E-state index contributed by atoms with van der Waals surface area (Å²) in [5.74, 6) is 0. The first-order valence-electron chi connectivity index (χ1n) is 5.86. The molecule has 0 aliphatic heterocycles. The molecule has 20 heavy (non-hydrogen) atoms. The Morgan fingerprint density at radius 3 is 2.65 bits per heavy atom. The molecule has 0 spiro atoms. The van der Waals surface area contributed by atoms with Crippen LogP contribution in [0.4, 0.5) is 10.5 Å². The zero-order valence-electron chi connectivity index (χ0n) is 10.5. The molecule has 0 bridgehead atoms. The van der Waals surface area contributed by atoms with Crippen LogP contribution >= 0.6 is 22.6 Å². The second kappa shape index (κ2) is 6.91. The molecule has 1 amide bonds. The highest BCUT2D eigenvalue weighted by atomic mass is 127. The van der Waals surface area contributed by atoms with Crippen molar-refractivity contribution in [1.82, 2.24) is 0 Å². The summed E-state index contributed by atoms with van der Waals surface area (Å²) in [5, 5.41) is 11.4. The Balaban J connectivity index is 1.93. The summed E-state index contributed by atoms with van der Waals surface area (Å²) in [5.41, 5.74) is 2.11. The van der Waals surface area contributed by atoms with Crippen LogP contribution in [0.15, 0.2) is 48.5 Å². The van der Waals surface area contributed by atoms with E-state index in [0.717, 1.165) is 9.13 Å². The van der Waals surface area contributed by atoms with Crippen LogP contribution < -0.4 is 5.32 Å². The van der Waals surface area contributed by atoms with Crippen molar-refractivity contribution in [2.75, 3.05) is 5.32 Å². The smallest absolute Gasteiger partial charge is 0.411 e. The molecular weight excluding hydrogens is 367 g/mol.